The van der Waals surface area contributed by atoms with Crippen LogP contribution in [0, 0.1) is 0 Å². The molecule has 0 aromatic rings. The Kier molecular flexibility index (Phi) is 7.34. The minimum Gasteiger partial charge on any atom is -0.479 e. The molecule has 16 heavy (non-hydrogen) atoms. The number of aliphatic carboxylic acids is 1. The van der Waals surface area contributed by atoms with E-state index in [-0.39, 0.29) is 0 Å². The van der Waals surface area contributed by atoms with E-state index in [1.807, 2.05) is 20.8 Å². The topological polar surface area (TPSA) is 55.8 Å². The van der Waals surface area contributed by atoms with E-state index >= 15 is 0 Å². The van der Waals surface area contributed by atoms with Crippen LogP contribution in [0.2, 0.25) is 0 Å². The van der Waals surface area contributed by atoms with Gasteiger partial charge in [0, 0.05) is 13.2 Å². The first-order valence-corrected chi connectivity index (χ1v) is 6.04. The van der Waals surface area contributed by atoms with E-state index in [0.29, 0.717) is 19.6 Å². The summed E-state index contributed by atoms with van der Waals surface area (Å²) in [5, 5.41) is 9.32. The summed E-state index contributed by atoms with van der Waals surface area (Å²) in [5.74, 6) is -0.938. The number of carboxylic acids is 1. The SMILES string of the molecule is CCCOC(C)C(CC)(OCCC)C(=O)O. The van der Waals surface area contributed by atoms with Crippen LogP contribution in [0.4, 0.5) is 0 Å². The fourth-order valence-corrected chi connectivity index (χ4v) is 1.61. The first kappa shape index (κ1) is 15.4. The molecule has 0 heterocycles. The second-order valence-electron chi connectivity index (χ2n) is 3.91. The highest BCUT2D eigenvalue weighted by Gasteiger charge is 2.44. The molecule has 0 aromatic carbocycles. The van der Waals surface area contributed by atoms with Crippen molar-refractivity contribution in [1.29, 1.82) is 0 Å². The average molecular weight is 232 g/mol. The Bertz CT molecular complexity index is 205. The van der Waals surface area contributed by atoms with Crippen LogP contribution >= 0.6 is 0 Å². The van der Waals surface area contributed by atoms with Gasteiger partial charge in [-0.25, -0.2) is 4.79 Å². The van der Waals surface area contributed by atoms with Crippen molar-refractivity contribution >= 4 is 5.97 Å². The van der Waals surface area contributed by atoms with E-state index < -0.39 is 17.7 Å². The lowest BCUT2D eigenvalue weighted by molar-refractivity contribution is -0.189. The molecule has 4 nitrogen and oxygen atoms in total. The standard InChI is InChI=1S/C12H24O4/c1-5-8-15-10(4)12(7-3,11(13)14)16-9-6-2/h10H,5-9H2,1-4H3,(H,13,14). The van der Waals surface area contributed by atoms with E-state index in [1.165, 1.54) is 0 Å². The molecule has 0 bridgehead atoms. The molecule has 2 atom stereocenters. The molecule has 4 heteroatoms. The summed E-state index contributed by atoms with van der Waals surface area (Å²) in [5.41, 5.74) is -1.20. The highest BCUT2D eigenvalue weighted by atomic mass is 16.6. The summed E-state index contributed by atoms with van der Waals surface area (Å²) in [7, 11) is 0. The summed E-state index contributed by atoms with van der Waals surface area (Å²) < 4.78 is 11.0. The van der Waals surface area contributed by atoms with Crippen LogP contribution in [0.3, 0.4) is 0 Å². The number of carbonyl (C=O) groups is 1. The molecule has 0 saturated carbocycles. The third kappa shape index (κ3) is 3.76. The smallest absolute Gasteiger partial charge is 0.338 e. The molecule has 0 aliphatic rings. The molecule has 0 amide bonds. The van der Waals surface area contributed by atoms with Gasteiger partial charge in [0.05, 0.1) is 6.10 Å². The van der Waals surface area contributed by atoms with Crippen molar-refractivity contribution in [2.75, 3.05) is 13.2 Å². The Morgan fingerprint density at radius 2 is 1.81 bits per heavy atom. The summed E-state index contributed by atoms with van der Waals surface area (Å²) >= 11 is 0. The van der Waals surface area contributed by atoms with Gasteiger partial charge in [0.2, 0.25) is 0 Å². The minimum atomic E-state index is -1.20. The molecule has 0 fully saturated rings. The highest BCUT2D eigenvalue weighted by Crippen LogP contribution is 2.24. The third-order valence-corrected chi connectivity index (χ3v) is 2.68. The van der Waals surface area contributed by atoms with Gasteiger partial charge in [-0.3, -0.25) is 0 Å². The zero-order chi connectivity index (χ0) is 12.6. The Hall–Kier alpha value is -0.610. The van der Waals surface area contributed by atoms with Gasteiger partial charge < -0.3 is 14.6 Å². The van der Waals surface area contributed by atoms with Crippen LogP contribution in [0.15, 0.2) is 0 Å². The summed E-state index contributed by atoms with van der Waals surface area (Å²) in [4.78, 5) is 11.4. The number of rotatable bonds is 9. The Morgan fingerprint density at radius 1 is 1.25 bits per heavy atom. The summed E-state index contributed by atoms with van der Waals surface area (Å²) in [6, 6.07) is 0. The normalized spacial score (nSPS) is 16.8. The van der Waals surface area contributed by atoms with Gasteiger partial charge in [-0.15, -0.1) is 0 Å². The van der Waals surface area contributed by atoms with Crippen LogP contribution in [0.1, 0.15) is 47.0 Å². The molecule has 0 aromatic heterocycles. The lowest BCUT2D eigenvalue weighted by Crippen LogP contribution is -2.51. The second-order valence-corrected chi connectivity index (χ2v) is 3.91. The number of hydrogen-bond donors (Lipinski definition) is 1. The summed E-state index contributed by atoms with van der Waals surface area (Å²) in [6.07, 6.45) is 1.65. The third-order valence-electron chi connectivity index (χ3n) is 2.68. The molecular formula is C12H24O4. The van der Waals surface area contributed by atoms with Crippen LogP contribution in [-0.4, -0.2) is 36.0 Å². The van der Waals surface area contributed by atoms with Crippen LogP contribution < -0.4 is 0 Å². The molecule has 0 rings (SSSR count). The maximum absolute atomic E-state index is 11.4. The Morgan fingerprint density at radius 3 is 2.19 bits per heavy atom. The van der Waals surface area contributed by atoms with Crippen molar-refractivity contribution in [2.45, 2.75) is 58.7 Å². The van der Waals surface area contributed by atoms with Gasteiger partial charge in [0.25, 0.3) is 0 Å². The lowest BCUT2D eigenvalue weighted by atomic mass is 9.94. The largest absolute Gasteiger partial charge is 0.479 e. The predicted octanol–water partition coefficient (Wildman–Crippen LogP) is 2.46. The number of carboxylic acid groups (broad SMARTS) is 1. The van der Waals surface area contributed by atoms with Gasteiger partial charge in [-0.1, -0.05) is 20.8 Å². The quantitative estimate of drug-likeness (QED) is 0.663. The molecule has 0 radical (unpaired) electrons. The zero-order valence-corrected chi connectivity index (χ0v) is 10.8. The van der Waals surface area contributed by atoms with Gasteiger partial charge >= 0.3 is 5.97 Å². The zero-order valence-electron chi connectivity index (χ0n) is 10.8. The van der Waals surface area contributed by atoms with E-state index in [0.717, 1.165) is 12.8 Å². The van der Waals surface area contributed by atoms with Gasteiger partial charge in [0.15, 0.2) is 5.60 Å². The van der Waals surface area contributed by atoms with E-state index in [2.05, 4.69) is 0 Å². The second kappa shape index (κ2) is 7.63. The molecule has 0 aliphatic heterocycles. The van der Waals surface area contributed by atoms with Gasteiger partial charge in [0.1, 0.15) is 0 Å². The molecule has 0 spiro atoms. The van der Waals surface area contributed by atoms with Crippen molar-refractivity contribution in [2.24, 2.45) is 0 Å². The summed E-state index contributed by atoms with van der Waals surface area (Å²) in [6.45, 7) is 8.54. The molecule has 1 N–H and O–H groups in total. The van der Waals surface area contributed by atoms with Crippen molar-refractivity contribution < 1.29 is 19.4 Å². The predicted molar refractivity (Wildman–Crippen MR) is 62.6 cm³/mol. The van der Waals surface area contributed by atoms with E-state index in [4.69, 9.17) is 9.47 Å². The molecule has 96 valence electrons. The number of hydrogen-bond acceptors (Lipinski definition) is 3. The van der Waals surface area contributed by atoms with Gasteiger partial charge in [-0.2, -0.15) is 0 Å². The van der Waals surface area contributed by atoms with E-state index in [1.54, 1.807) is 6.92 Å². The van der Waals surface area contributed by atoms with Crippen molar-refractivity contribution in [3.05, 3.63) is 0 Å². The molecule has 0 aliphatic carbocycles. The van der Waals surface area contributed by atoms with Gasteiger partial charge in [-0.05, 0) is 26.2 Å². The van der Waals surface area contributed by atoms with Crippen LogP contribution in [-0.2, 0) is 14.3 Å². The van der Waals surface area contributed by atoms with Crippen LogP contribution in [0.5, 0.6) is 0 Å². The average Bonchev–Trinajstić information content (AvgIpc) is 2.27. The van der Waals surface area contributed by atoms with E-state index in [9.17, 15) is 9.90 Å². The number of ether oxygens (including phenoxy) is 2. The lowest BCUT2D eigenvalue weighted by Gasteiger charge is -2.34. The van der Waals surface area contributed by atoms with Crippen LogP contribution in [0.25, 0.3) is 0 Å². The fourth-order valence-electron chi connectivity index (χ4n) is 1.61. The Labute approximate surface area is 97.9 Å². The fraction of sp³-hybridized carbons (Fsp3) is 0.917. The molecular weight excluding hydrogens is 208 g/mol. The molecule has 0 saturated heterocycles. The maximum atomic E-state index is 11.4. The first-order chi connectivity index (χ1) is 7.55. The van der Waals surface area contributed by atoms with Crippen molar-refractivity contribution in [3.63, 3.8) is 0 Å². The maximum Gasteiger partial charge on any atom is 0.338 e. The van der Waals surface area contributed by atoms with Crippen molar-refractivity contribution in [3.8, 4) is 0 Å². The van der Waals surface area contributed by atoms with Crippen molar-refractivity contribution in [1.82, 2.24) is 0 Å². The minimum absolute atomic E-state index is 0.410. The monoisotopic (exact) mass is 232 g/mol. The Balaban J connectivity index is 4.66. The molecule has 2 unspecified atom stereocenters. The first-order valence-electron chi connectivity index (χ1n) is 6.04. The highest BCUT2D eigenvalue weighted by molar-refractivity contribution is 5.78.